The number of nitrogens with one attached hydrogen (secondary N) is 1. The minimum absolute atomic E-state index is 0.0568. The molecule has 0 atom stereocenters. The van der Waals surface area contributed by atoms with E-state index in [2.05, 4.69) is 15.1 Å². The van der Waals surface area contributed by atoms with E-state index in [1.54, 1.807) is 19.1 Å². The first-order valence-corrected chi connectivity index (χ1v) is 7.85. The zero-order valence-corrected chi connectivity index (χ0v) is 14.1. The van der Waals surface area contributed by atoms with E-state index in [9.17, 15) is 9.90 Å². The summed E-state index contributed by atoms with van der Waals surface area (Å²) in [7, 11) is 3.89. The van der Waals surface area contributed by atoms with Crippen molar-refractivity contribution in [3.05, 3.63) is 40.2 Å². The number of likely N-dealkylation sites (N-methyl/N-ethyl adjacent to an activating group) is 1. The molecule has 0 radical (unpaired) electrons. The fourth-order valence-electron chi connectivity index (χ4n) is 1.95. The summed E-state index contributed by atoms with van der Waals surface area (Å²) in [5.41, 5.74) is 1.55. The highest BCUT2D eigenvalue weighted by Gasteiger charge is 2.16. The molecule has 2 N–H and O–H groups in total. The third-order valence-corrected chi connectivity index (χ3v) is 4.40. The van der Waals surface area contributed by atoms with Crippen LogP contribution >= 0.6 is 11.3 Å². The van der Waals surface area contributed by atoms with Crippen LogP contribution in [0.4, 0.5) is 5.69 Å². The standard InChI is InChI=1S/C16H18N4O2S/c1-10-14(15(22)18-7-8-20(3)4)23-16(19-10)11-5-6-13(21)12(9-11)17-2/h5-6,9,21H,7-8H2,1,3-4H3,(H,18,22). The van der Waals surface area contributed by atoms with Gasteiger partial charge in [-0.2, -0.15) is 0 Å². The number of aromatic hydroxyl groups is 1. The zero-order chi connectivity index (χ0) is 17.0. The van der Waals surface area contributed by atoms with Crippen LogP contribution in [-0.2, 0) is 0 Å². The highest BCUT2D eigenvalue weighted by atomic mass is 32.1. The molecule has 0 aliphatic carbocycles. The summed E-state index contributed by atoms with van der Waals surface area (Å²) < 4.78 is 0. The Morgan fingerprint density at radius 3 is 2.87 bits per heavy atom. The molecule has 0 saturated carbocycles. The van der Waals surface area contributed by atoms with Gasteiger partial charge in [-0.15, -0.1) is 11.3 Å². The van der Waals surface area contributed by atoms with E-state index in [-0.39, 0.29) is 17.3 Å². The molecule has 7 heteroatoms. The van der Waals surface area contributed by atoms with E-state index in [1.807, 2.05) is 19.0 Å². The number of carbonyl (C=O) groups is 1. The van der Waals surface area contributed by atoms with Gasteiger partial charge in [0.15, 0.2) is 0 Å². The molecule has 1 aromatic heterocycles. The average Bonchev–Trinajstić information content (AvgIpc) is 2.89. The maximum absolute atomic E-state index is 12.2. The topological polar surface area (TPSA) is 69.8 Å². The molecule has 0 unspecified atom stereocenters. The molecule has 1 heterocycles. The second kappa shape index (κ2) is 7.22. The van der Waals surface area contributed by atoms with Gasteiger partial charge >= 0.3 is 0 Å². The number of rotatable bonds is 5. The lowest BCUT2D eigenvalue weighted by Crippen LogP contribution is -2.31. The van der Waals surface area contributed by atoms with Crippen LogP contribution in [0.1, 0.15) is 15.4 Å². The Hall–Kier alpha value is -2.43. The van der Waals surface area contributed by atoms with Crippen LogP contribution in [0.5, 0.6) is 5.75 Å². The molecular weight excluding hydrogens is 312 g/mol. The molecule has 120 valence electrons. The number of benzene rings is 1. The molecule has 0 bridgehead atoms. The summed E-state index contributed by atoms with van der Waals surface area (Å²) >= 11 is 1.28. The Morgan fingerprint density at radius 2 is 2.22 bits per heavy atom. The van der Waals surface area contributed by atoms with Gasteiger partial charge in [-0.3, -0.25) is 4.79 Å². The Morgan fingerprint density at radius 1 is 1.48 bits per heavy atom. The highest BCUT2D eigenvalue weighted by Crippen LogP contribution is 2.34. The summed E-state index contributed by atoms with van der Waals surface area (Å²) in [5.74, 6) is -0.198. The summed E-state index contributed by atoms with van der Waals surface area (Å²) in [4.78, 5) is 22.5. The van der Waals surface area contributed by atoms with E-state index in [0.29, 0.717) is 27.7 Å². The van der Waals surface area contributed by atoms with Crippen LogP contribution in [0.15, 0.2) is 18.2 Å². The van der Waals surface area contributed by atoms with E-state index >= 15 is 0 Å². The quantitative estimate of drug-likeness (QED) is 0.827. The largest absolute Gasteiger partial charge is 0.519 e. The molecule has 23 heavy (non-hydrogen) atoms. The average molecular weight is 330 g/mol. The predicted molar refractivity (Wildman–Crippen MR) is 91.1 cm³/mol. The number of hydrogen-bond donors (Lipinski definition) is 2. The van der Waals surface area contributed by atoms with Crippen LogP contribution in [0.2, 0.25) is 0 Å². The second-order valence-corrected chi connectivity index (χ2v) is 6.31. The Bertz CT molecular complexity index is 762. The van der Waals surface area contributed by atoms with Crippen molar-refractivity contribution < 1.29 is 9.90 Å². The van der Waals surface area contributed by atoms with Crippen molar-refractivity contribution in [3.8, 4) is 16.3 Å². The van der Waals surface area contributed by atoms with Crippen LogP contribution in [0.25, 0.3) is 15.4 Å². The molecule has 1 aromatic carbocycles. The van der Waals surface area contributed by atoms with Gasteiger partial charge in [-0.1, -0.05) is 6.07 Å². The van der Waals surface area contributed by atoms with Crippen LogP contribution < -0.4 is 5.32 Å². The van der Waals surface area contributed by atoms with Gasteiger partial charge in [0.05, 0.1) is 12.3 Å². The molecule has 0 spiro atoms. The number of amides is 1. The smallest absolute Gasteiger partial charge is 0.263 e. The van der Waals surface area contributed by atoms with Gasteiger partial charge in [0.25, 0.3) is 5.91 Å². The number of nitrogens with zero attached hydrogens (tertiary/aromatic N) is 3. The first-order chi connectivity index (χ1) is 10.9. The zero-order valence-electron chi connectivity index (χ0n) is 13.3. The third kappa shape index (κ3) is 4.06. The summed E-state index contributed by atoms with van der Waals surface area (Å²) in [6, 6.07) is 4.74. The van der Waals surface area contributed by atoms with E-state index in [0.717, 1.165) is 6.54 Å². The molecule has 6 nitrogen and oxygen atoms in total. The lowest BCUT2D eigenvalue weighted by Gasteiger charge is -2.09. The molecule has 2 rings (SSSR count). The lowest BCUT2D eigenvalue weighted by molar-refractivity contribution is 0.0954. The molecule has 2 aromatic rings. The van der Waals surface area contributed by atoms with Crippen molar-refractivity contribution in [1.82, 2.24) is 15.2 Å². The molecular formula is C16H18N4O2S. The van der Waals surface area contributed by atoms with Gasteiger partial charge in [0, 0.05) is 18.7 Å². The lowest BCUT2D eigenvalue weighted by atomic mass is 10.2. The van der Waals surface area contributed by atoms with E-state index < -0.39 is 0 Å². The van der Waals surface area contributed by atoms with Gasteiger partial charge in [0.1, 0.15) is 15.6 Å². The predicted octanol–water partition coefficient (Wildman–Crippen LogP) is 2.67. The van der Waals surface area contributed by atoms with Gasteiger partial charge in [-0.25, -0.2) is 9.83 Å². The fraction of sp³-hybridized carbons (Fsp3) is 0.312. The van der Waals surface area contributed by atoms with Crippen molar-refractivity contribution in [2.24, 2.45) is 0 Å². The molecule has 0 fully saturated rings. The number of hydrogen-bond acceptors (Lipinski definition) is 5. The van der Waals surface area contributed by atoms with Crippen LogP contribution in [0.3, 0.4) is 0 Å². The third-order valence-electron chi connectivity index (χ3n) is 3.19. The number of carbonyl (C=O) groups excluding carboxylic acids is 1. The fourth-order valence-corrected chi connectivity index (χ4v) is 2.93. The molecule has 1 amide bonds. The summed E-state index contributed by atoms with van der Waals surface area (Å²) in [6.07, 6.45) is 0. The SMILES string of the molecule is [C-]#[N+]c1cc(-c2nc(C)c(C(=O)NCCN(C)C)s2)ccc1O. The molecule has 0 aliphatic heterocycles. The Kier molecular flexibility index (Phi) is 5.32. The number of aryl methyl sites for hydroxylation is 1. The van der Waals surface area contributed by atoms with Crippen molar-refractivity contribution in [2.45, 2.75) is 6.92 Å². The number of phenolic OH excluding ortho intramolecular Hbond substituents is 1. The van der Waals surface area contributed by atoms with Gasteiger partial charge in [-0.05, 0) is 33.2 Å². The number of thiazole rings is 1. The van der Waals surface area contributed by atoms with Crippen LogP contribution in [-0.4, -0.2) is 48.1 Å². The maximum Gasteiger partial charge on any atom is 0.263 e. The summed E-state index contributed by atoms with van der Waals surface area (Å²) in [5, 5.41) is 13.1. The summed E-state index contributed by atoms with van der Waals surface area (Å²) in [6.45, 7) is 10.2. The Labute approximate surface area is 139 Å². The number of aromatic nitrogens is 1. The minimum atomic E-state index is -0.141. The first kappa shape index (κ1) is 16.9. The van der Waals surface area contributed by atoms with Gasteiger partial charge < -0.3 is 15.3 Å². The van der Waals surface area contributed by atoms with Crippen LogP contribution in [0, 0.1) is 13.5 Å². The normalized spacial score (nSPS) is 10.6. The highest BCUT2D eigenvalue weighted by molar-refractivity contribution is 7.17. The van der Waals surface area contributed by atoms with Crippen molar-refractivity contribution in [3.63, 3.8) is 0 Å². The van der Waals surface area contributed by atoms with Gasteiger partial charge in [0.2, 0.25) is 5.69 Å². The van der Waals surface area contributed by atoms with Crippen molar-refractivity contribution >= 4 is 22.9 Å². The Balaban J connectivity index is 2.21. The molecule has 0 saturated heterocycles. The second-order valence-electron chi connectivity index (χ2n) is 5.31. The van der Waals surface area contributed by atoms with E-state index in [1.165, 1.54) is 17.4 Å². The monoisotopic (exact) mass is 330 g/mol. The first-order valence-electron chi connectivity index (χ1n) is 7.03. The minimum Gasteiger partial charge on any atom is -0.519 e. The van der Waals surface area contributed by atoms with Crippen molar-refractivity contribution in [2.75, 3.05) is 27.2 Å². The molecule has 0 aliphatic rings. The van der Waals surface area contributed by atoms with Crippen molar-refractivity contribution in [1.29, 1.82) is 0 Å². The maximum atomic E-state index is 12.2. The number of phenols is 1. The van der Waals surface area contributed by atoms with E-state index in [4.69, 9.17) is 6.57 Å².